The first-order chi connectivity index (χ1) is 15.2. The molecule has 0 bridgehead atoms. The van der Waals surface area contributed by atoms with E-state index in [1.54, 1.807) is 6.26 Å². The quantitative estimate of drug-likeness (QED) is 0.282. The minimum Gasteiger partial charge on any atom is -0.469 e. The van der Waals surface area contributed by atoms with E-state index in [2.05, 4.69) is 65.1 Å². The number of nitrogens with one attached hydrogen (secondary N) is 2. The van der Waals surface area contributed by atoms with Gasteiger partial charge in [-0.15, -0.1) is 0 Å². The summed E-state index contributed by atoms with van der Waals surface area (Å²) in [6, 6.07) is 14.4. The first-order valence-corrected chi connectivity index (χ1v) is 11.0. The van der Waals surface area contributed by atoms with E-state index in [0.717, 1.165) is 56.3 Å². The van der Waals surface area contributed by atoms with Gasteiger partial charge in [-0.3, -0.25) is 4.68 Å². The molecule has 7 nitrogen and oxygen atoms in total. The summed E-state index contributed by atoms with van der Waals surface area (Å²) in [6.07, 6.45) is 6.50. The van der Waals surface area contributed by atoms with Gasteiger partial charge in [-0.05, 0) is 37.1 Å². The number of rotatable bonds is 11. The molecule has 2 heterocycles. The Balaban J connectivity index is 1.52. The Labute approximate surface area is 185 Å². The van der Waals surface area contributed by atoms with Crippen LogP contribution >= 0.6 is 0 Å². The topological polar surface area (TPSA) is 70.6 Å². The second-order valence-corrected chi connectivity index (χ2v) is 7.59. The van der Waals surface area contributed by atoms with Crippen molar-refractivity contribution in [2.75, 3.05) is 31.6 Å². The number of aliphatic imine (C=N–C) groups is 1. The highest BCUT2D eigenvalue weighted by Gasteiger charge is 2.07. The molecule has 0 radical (unpaired) electrons. The molecule has 2 aromatic heterocycles. The van der Waals surface area contributed by atoms with E-state index in [4.69, 9.17) is 9.41 Å². The molecule has 0 saturated heterocycles. The summed E-state index contributed by atoms with van der Waals surface area (Å²) in [5.74, 6) is 1.79. The van der Waals surface area contributed by atoms with E-state index in [9.17, 15) is 0 Å². The van der Waals surface area contributed by atoms with Gasteiger partial charge in [-0.25, -0.2) is 4.99 Å². The van der Waals surface area contributed by atoms with Gasteiger partial charge < -0.3 is 20.0 Å². The van der Waals surface area contributed by atoms with Crippen molar-refractivity contribution in [2.24, 2.45) is 12.0 Å². The Morgan fingerprint density at radius 3 is 2.68 bits per heavy atom. The fraction of sp³-hybridized carbons (Fsp3) is 0.417. The number of nitrogens with zero attached hydrogens (tertiary/aromatic N) is 4. The Kier molecular flexibility index (Phi) is 8.58. The standard InChI is InChI=1S/C24H34N6O/c1-4-23-20(19-30(3)28-23)18-27-24(26-15-13-22-12-8-17-31-22)25-14-9-16-29(2)21-10-6-5-7-11-21/h5-8,10-12,17,19H,4,9,13-16,18H2,1-3H3,(H2,25,26,27). The van der Waals surface area contributed by atoms with Crippen LogP contribution in [-0.4, -0.2) is 42.4 Å². The molecule has 0 saturated carbocycles. The van der Waals surface area contributed by atoms with Crippen LogP contribution in [0.1, 0.15) is 30.4 Å². The van der Waals surface area contributed by atoms with Crippen molar-refractivity contribution in [2.45, 2.75) is 32.7 Å². The summed E-state index contributed by atoms with van der Waals surface area (Å²) < 4.78 is 7.29. The van der Waals surface area contributed by atoms with Gasteiger partial charge >= 0.3 is 0 Å². The summed E-state index contributed by atoms with van der Waals surface area (Å²) in [5, 5.41) is 11.4. The average Bonchev–Trinajstić information content (AvgIpc) is 3.44. The third-order valence-corrected chi connectivity index (χ3v) is 5.14. The van der Waals surface area contributed by atoms with Gasteiger partial charge in [0, 0.05) is 57.6 Å². The van der Waals surface area contributed by atoms with Crippen molar-refractivity contribution >= 4 is 11.6 Å². The van der Waals surface area contributed by atoms with Crippen molar-refractivity contribution < 1.29 is 4.42 Å². The highest BCUT2D eigenvalue weighted by atomic mass is 16.3. The van der Waals surface area contributed by atoms with E-state index in [1.165, 1.54) is 11.3 Å². The van der Waals surface area contributed by atoms with Gasteiger partial charge in [0.25, 0.3) is 0 Å². The maximum atomic E-state index is 5.43. The predicted molar refractivity (Wildman–Crippen MR) is 126 cm³/mol. The number of para-hydroxylation sites is 1. The highest BCUT2D eigenvalue weighted by molar-refractivity contribution is 5.79. The third kappa shape index (κ3) is 7.20. The van der Waals surface area contributed by atoms with Crippen molar-refractivity contribution in [1.82, 2.24) is 20.4 Å². The number of anilines is 1. The predicted octanol–water partition coefficient (Wildman–Crippen LogP) is 3.38. The van der Waals surface area contributed by atoms with Crippen molar-refractivity contribution in [1.29, 1.82) is 0 Å². The minimum absolute atomic E-state index is 0.608. The van der Waals surface area contributed by atoms with Crippen molar-refractivity contribution in [3.8, 4) is 0 Å². The second kappa shape index (κ2) is 11.8. The van der Waals surface area contributed by atoms with Crippen LogP contribution in [0.5, 0.6) is 0 Å². The van der Waals surface area contributed by atoms with E-state index >= 15 is 0 Å². The van der Waals surface area contributed by atoms with E-state index < -0.39 is 0 Å². The molecule has 0 aliphatic carbocycles. The second-order valence-electron chi connectivity index (χ2n) is 7.59. The molecule has 166 valence electrons. The third-order valence-electron chi connectivity index (χ3n) is 5.14. The number of hydrogen-bond acceptors (Lipinski definition) is 4. The lowest BCUT2D eigenvalue weighted by Crippen LogP contribution is -2.39. The molecule has 0 aliphatic heterocycles. The minimum atomic E-state index is 0.608. The van der Waals surface area contributed by atoms with Crippen LogP contribution in [-0.2, 0) is 26.4 Å². The monoisotopic (exact) mass is 422 g/mol. The maximum absolute atomic E-state index is 5.43. The first-order valence-electron chi connectivity index (χ1n) is 11.0. The van der Waals surface area contributed by atoms with Gasteiger partial charge in [0.2, 0.25) is 0 Å². The number of furan rings is 1. The molecule has 0 aliphatic rings. The van der Waals surface area contributed by atoms with Gasteiger partial charge in [0.15, 0.2) is 5.96 Å². The molecular weight excluding hydrogens is 388 g/mol. The van der Waals surface area contributed by atoms with Crippen LogP contribution in [0.2, 0.25) is 0 Å². The lowest BCUT2D eigenvalue weighted by molar-refractivity contribution is 0.506. The molecule has 1 aromatic carbocycles. The van der Waals surface area contributed by atoms with E-state index in [1.807, 2.05) is 29.9 Å². The Bertz CT molecular complexity index is 917. The van der Waals surface area contributed by atoms with Crippen LogP contribution in [0.15, 0.2) is 64.3 Å². The molecule has 3 rings (SSSR count). The largest absolute Gasteiger partial charge is 0.469 e. The molecule has 0 unspecified atom stereocenters. The molecule has 0 spiro atoms. The number of hydrogen-bond donors (Lipinski definition) is 2. The number of aryl methyl sites for hydroxylation is 2. The zero-order chi connectivity index (χ0) is 21.9. The molecule has 2 N–H and O–H groups in total. The van der Waals surface area contributed by atoms with Crippen LogP contribution in [0.25, 0.3) is 0 Å². The lowest BCUT2D eigenvalue weighted by Gasteiger charge is -2.19. The summed E-state index contributed by atoms with van der Waals surface area (Å²) >= 11 is 0. The van der Waals surface area contributed by atoms with Gasteiger partial charge in [0.05, 0.1) is 18.5 Å². The molecule has 0 atom stereocenters. The van der Waals surface area contributed by atoms with Crippen LogP contribution in [0.3, 0.4) is 0 Å². The molecule has 7 heteroatoms. The van der Waals surface area contributed by atoms with Crippen LogP contribution in [0, 0.1) is 0 Å². The number of guanidine groups is 1. The Morgan fingerprint density at radius 1 is 1.13 bits per heavy atom. The van der Waals surface area contributed by atoms with E-state index in [0.29, 0.717) is 6.54 Å². The Hall–Kier alpha value is -3.22. The van der Waals surface area contributed by atoms with Gasteiger partial charge in [0.1, 0.15) is 5.76 Å². The maximum Gasteiger partial charge on any atom is 0.191 e. The van der Waals surface area contributed by atoms with Gasteiger partial charge in [-0.2, -0.15) is 5.10 Å². The zero-order valence-corrected chi connectivity index (χ0v) is 18.8. The SMILES string of the molecule is CCc1nn(C)cc1CN=C(NCCCN(C)c1ccccc1)NCCc1ccco1. The molecule has 31 heavy (non-hydrogen) atoms. The summed E-state index contributed by atoms with van der Waals surface area (Å²) in [6.45, 7) is 5.31. The molecular formula is C24H34N6O. The van der Waals surface area contributed by atoms with Crippen molar-refractivity contribution in [3.63, 3.8) is 0 Å². The summed E-state index contributed by atoms with van der Waals surface area (Å²) in [4.78, 5) is 7.08. The zero-order valence-electron chi connectivity index (χ0n) is 18.8. The van der Waals surface area contributed by atoms with Gasteiger partial charge in [-0.1, -0.05) is 25.1 Å². The Morgan fingerprint density at radius 2 is 1.94 bits per heavy atom. The molecule has 3 aromatic rings. The number of aromatic nitrogens is 2. The summed E-state index contributed by atoms with van der Waals surface area (Å²) in [7, 11) is 4.08. The van der Waals surface area contributed by atoms with Crippen molar-refractivity contribution in [3.05, 3.63) is 71.9 Å². The van der Waals surface area contributed by atoms with Crippen LogP contribution < -0.4 is 15.5 Å². The smallest absolute Gasteiger partial charge is 0.191 e. The fourth-order valence-corrected chi connectivity index (χ4v) is 3.45. The van der Waals surface area contributed by atoms with Crippen LogP contribution in [0.4, 0.5) is 5.69 Å². The molecule has 0 fully saturated rings. The molecule has 0 amide bonds. The first kappa shape index (κ1) is 22.5. The highest BCUT2D eigenvalue weighted by Crippen LogP contribution is 2.11. The number of benzene rings is 1. The average molecular weight is 423 g/mol. The fourth-order valence-electron chi connectivity index (χ4n) is 3.45. The normalized spacial score (nSPS) is 11.5. The van der Waals surface area contributed by atoms with E-state index in [-0.39, 0.29) is 0 Å². The lowest BCUT2D eigenvalue weighted by atomic mass is 10.2. The summed E-state index contributed by atoms with van der Waals surface area (Å²) in [5.41, 5.74) is 3.50.